The Morgan fingerprint density at radius 2 is 1.74 bits per heavy atom. The molecule has 0 saturated heterocycles. The molecule has 0 atom stereocenters. The van der Waals surface area contributed by atoms with E-state index < -0.39 is 73.5 Å². The van der Waals surface area contributed by atoms with E-state index in [1.165, 1.54) is 0 Å². The average Bonchev–Trinajstić information content (AvgIpc) is 2.67. The van der Waals surface area contributed by atoms with Crippen molar-refractivity contribution in [2.45, 2.75) is 17.5 Å². The third kappa shape index (κ3) is 6.32. The van der Waals surface area contributed by atoms with Crippen LogP contribution in [-0.4, -0.2) is 25.8 Å². The van der Waals surface area contributed by atoms with Crippen LogP contribution >= 0.6 is 0 Å². The highest BCUT2D eigenvalue weighted by Gasteiger charge is 2.33. The molecule has 168 valence electrons. The Morgan fingerprint density at radius 1 is 1.06 bits per heavy atom. The standard InChI is InChI=1S/C16H13F5N4O5S/c17-11-3-2-10(8-12(11)18)31(29,30)22-6-5-15(26)24-23-13-4-1-9(16(19,20)21)7-14(13)25(27)28/h1-4,7-8,22-23H,5-6H2,(H,24,26). The van der Waals surface area contributed by atoms with Gasteiger partial charge in [0.15, 0.2) is 11.6 Å². The van der Waals surface area contributed by atoms with Crippen LogP contribution in [0.1, 0.15) is 12.0 Å². The topological polar surface area (TPSA) is 130 Å². The maximum Gasteiger partial charge on any atom is 0.416 e. The SMILES string of the molecule is O=C(CCNS(=O)(=O)c1ccc(F)c(F)c1)NNc1ccc(C(F)(F)F)cc1[N+](=O)[O-]. The van der Waals surface area contributed by atoms with Crippen LogP contribution in [0.25, 0.3) is 0 Å². The second kappa shape index (κ2) is 9.22. The molecule has 0 unspecified atom stereocenters. The molecule has 0 heterocycles. The number of carbonyl (C=O) groups excluding carboxylic acids is 1. The minimum atomic E-state index is -4.81. The molecule has 0 saturated carbocycles. The molecule has 0 bridgehead atoms. The molecule has 0 aliphatic carbocycles. The van der Waals surface area contributed by atoms with E-state index in [1.54, 1.807) is 0 Å². The molecular weight excluding hydrogens is 455 g/mol. The first-order valence-electron chi connectivity index (χ1n) is 8.16. The van der Waals surface area contributed by atoms with Crippen molar-refractivity contribution in [2.75, 3.05) is 12.0 Å². The second-order valence-corrected chi connectivity index (χ2v) is 7.65. The van der Waals surface area contributed by atoms with Crippen LogP contribution in [0.2, 0.25) is 0 Å². The zero-order valence-corrected chi connectivity index (χ0v) is 16.0. The Labute approximate surface area is 171 Å². The fourth-order valence-corrected chi connectivity index (χ4v) is 3.23. The first-order valence-corrected chi connectivity index (χ1v) is 9.65. The Kier molecular flexibility index (Phi) is 7.12. The van der Waals surface area contributed by atoms with Crippen molar-refractivity contribution in [3.05, 3.63) is 63.7 Å². The first-order chi connectivity index (χ1) is 14.3. The second-order valence-electron chi connectivity index (χ2n) is 5.88. The van der Waals surface area contributed by atoms with Crippen molar-refractivity contribution in [1.29, 1.82) is 0 Å². The number of alkyl halides is 3. The molecule has 0 aliphatic heterocycles. The van der Waals surface area contributed by atoms with Crippen LogP contribution in [0.4, 0.5) is 33.3 Å². The van der Waals surface area contributed by atoms with Gasteiger partial charge in [-0.25, -0.2) is 21.9 Å². The first kappa shape index (κ1) is 23.9. The molecule has 2 aromatic rings. The van der Waals surface area contributed by atoms with E-state index in [4.69, 9.17) is 0 Å². The predicted octanol–water partition coefficient (Wildman–Crippen LogP) is 2.70. The third-order valence-corrected chi connectivity index (χ3v) is 5.16. The molecule has 2 rings (SSSR count). The minimum Gasteiger partial charge on any atom is -0.292 e. The number of halogens is 5. The lowest BCUT2D eigenvalue weighted by Gasteiger charge is -2.12. The van der Waals surface area contributed by atoms with Crippen LogP contribution in [0, 0.1) is 21.7 Å². The maximum atomic E-state index is 13.2. The number of nitrogens with one attached hydrogen (secondary N) is 3. The largest absolute Gasteiger partial charge is 0.416 e. The van der Waals surface area contributed by atoms with Crippen LogP contribution in [0.3, 0.4) is 0 Å². The third-order valence-electron chi connectivity index (χ3n) is 3.70. The van der Waals surface area contributed by atoms with Crippen LogP contribution in [0.5, 0.6) is 0 Å². The Hall–Kier alpha value is -3.33. The van der Waals surface area contributed by atoms with E-state index in [0.29, 0.717) is 18.2 Å². The molecule has 0 radical (unpaired) electrons. The number of benzene rings is 2. The van der Waals surface area contributed by atoms with E-state index in [9.17, 15) is 45.3 Å². The summed E-state index contributed by atoms with van der Waals surface area (Å²) in [5.74, 6) is -3.51. The van der Waals surface area contributed by atoms with Gasteiger partial charge in [-0.2, -0.15) is 13.2 Å². The van der Waals surface area contributed by atoms with E-state index in [2.05, 4.69) is 5.43 Å². The number of hydrogen-bond donors (Lipinski definition) is 3. The molecular formula is C16H13F5N4O5S. The highest BCUT2D eigenvalue weighted by Crippen LogP contribution is 2.34. The van der Waals surface area contributed by atoms with Gasteiger partial charge >= 0.3 is 6.18 Å². The summed E-state index contributed by atoms with van der Waals surface area (Å²) >= 11 is 0. The average molecular weight is 468 g/mol. The number of carbonyl (C=O) groups is 1. The quantitative estimate of drug-likeness (QED) is 0.310. The van der Waals surface area contributed by atoms with E-state index in [0.717, 1.165) is 12.1 Å². The van der Waals surface area contributed by atoms with E-state index >= 15 is 0 Å². The van der Waals surface area contributed by atoms with Crippen molar-refractivity contribution in [1.82, 2.24) is 10.1 Å². The lowest BCUT2D eigenvalue weighted by Crippen LogP contribution is -2.34. The van der Waals surface area contributed by atoms with Gasteiger partial charge in [0.25, 0.3) is 5.69 Å². The summed E-state index contributed by atoms with van der Waals surface area (Å²) in [6.45, 7) is -0.482. The van der Waals surface area contributed by atoms with Gasteiger partial charge in [-0.15, -0.1) is 0 Å². The lowest BCUT2D eigenvalue weighted by atomic mass is 10.1. The van der Waals surface area contributed by atoms with Gasteiger partial charge in [0.05, 0.1) is 15.4 Å². The lowest BCUT2D eigenvalue weighted by molar-refractivity contribution is -0.384. The van der Waals surface area contributed by atoms with Crippen LogP contribution < -0.4 is 15.6 Å². The van der Waals surface area contributed by atoms with Gasteiger partial charge in [-0.1, -0.05) is 0 Å². The zero-order chi connectivity index (χ0) is 23.4. The summed E-state index contributed by atoms with van der Waals surface area (Å²) < 4.78 is 90.0. The van der Waals surface area contributed by atoms with Gasteiger partial charge in [0.1, 0.15) is 5.69 Å². The summed E-state index contributed by atoms with van der Waals surface area (Å²) in [5, 5.41) is 11.0. The van der Waals surface area contributed by atoms with E-state index in [1.807, 2.05) is 10.1 Å². The molecule has 3 N–H and O–H groups in total. The predicted molar refractivity (Wildman–Crippen MR) is 96.0 cm³/mol. The zero-order valence-electron chi connectivity index (χ0n) is 15.2. The number of hydrogen-bond acceptors (Lipinski definition) is 6. The van der Waals surface area contributed by atoms with E-state index in [-0.39, 0.29) is 6.07 Å². The summed E-state index contributed by atoms with van der Waals surface area (Å²) in [4.78, 5) is 21.1. The van der Waals surface area contributed by atoms with Gasteiger partial charge in [0, 0.05) is 19.0 Å². The number of anilines is 1. The van der Waals surface area contributed by atoms with Gasteiger partial charge < -0.3 is 0 Å². The molecule has 0 fully saturated rings. The van der Waals surface area contributed by atoms with Crippen LogP contribution in [-0.2, 0) is 21.0 Å². The summed E-state index contributed by atoms with van der Waals surface area (Å²) in [5.41, 5.74) is 1.42. The number of nitrogens with zero attached hydrogens (tertiary/aromatic N) is 1. The van der Waals surface area contributed by atoms with Gasteiger partial charge in [-0.05, 0) is 30.3 Å². The van der Waals surface area contributed by atoms with Crippen molar-refractivity contribution >= 4 is 27.3 Å². The fraction of sp³-hybridized carbons (Fsp3) is 0.188. The van der Waals surface area contributed by atoms with Gasteiger partial charge in [-0.3, -0.25) is 25.8 Å². The monoisotopic (exact) mass is 468 g/mol. The van der Waals surface area contributed by atoms with Crippen LogP contribution in [0.15, 0.2) is 41.3 Å². The highest BCUT2D eigenvalue weighted by atomic mass is 32.2. The number of amides is 1. The number of hydrazine groups is 1. The summed E-state index contributed by atoms with van der Waals surface area (Å²) in [6.07, 6.45) is -5.30. The molecule has 1 amide bonds. The fourth-order valence-electron chi connectivity index (χ4n) is 2.19. The number of nitro groups is 1. The number of sulfonamides is 1. The number of nitro benzene ring substituents is 1. The molecule has 15 heteroatoms. The Bertz CT molecular complexity index is 1110. The Morgan fingerprint density at radius 3 is 2.32 bits per heavy atom. The summed E-state index contributed by atoms with van der Waals surface area (Å²) in [6, 6.07) is 3.46. The summed E-state index contributed by atoms with van der Waals surface area (Å²) in [7, 11) is -4.25. The molecule has 31 heavy (non-hydrogen) atoms. The molecule has 0 aliphatic rings. The molecule has 9 nitrogen and oxygen atoms in total. The Balaban J connectivity index is 1.95. The normalized spacial score (nSPS) is 11.8. The van der Waals surface area contributed by atoms with Gasteiger partial charge in [0.2, 0.25) is 15.9 Å². The molecule has 0 aromatic heterocycles. The minimum absolute atomic E-state index is 0.282. The highest BCUT2D eigenvalue weighted by molar-refractivity contribution is 7.89. The number of rotatable bonds is 8. The smallest absolute Gasteiger partial charge is 0.292 e. The van der Waals surface area contributed by atoms with Crippen molar-refractivity contribution in [2.24, 2.45) is 0 Å². The van der Waals surface area contributed by atoms with Crippen molar-refractivity contribution in [3.63, 3.8) is 0 Å². The maximum absolute atomic E-state index is 13.2. The molecule has 2 aromatic carbocycles. The van der Waals surface area contributed by atoms with Crippen molar-refractivity contribution < 1.29 is 40.1 Å². The molecule has 0 spiro atoms. The van der Waals surface area contributed by atoms with Crippen molar-refractivity contribution in [3.8, 4) is 0 Å².